The summed E-state index contributed by atoms with van der Waals surface area (Å²) >= 11 is 5.86. The molecule has 6 nitrogen and oxygen atoms in total. The number of rotatable bonds is 3. The maximum Gasteiger partial charge on any atom is 0.431 e. The van der Waals surface area contributed by atoms with Crippen LogP contribution >= 0.6 is 11.6 Å². The topological polar surface area (TPSA) is 73.1 Å². The van der Waals surface area contributed by atoms with E-state index in [9.17, 15) is 31.9 Å². The number of hydrogen-bond acceptors (Lipinski definition) is 3. The molecule has 0 bridgehead atoms. The van der Waals surface area contributed by atoms with Crippen molar-refractivity contribution in [1.29, 1.82) is 0 Å². The van der Waals surface area contributed by atoms with Crippen LogP contribution in [0.3, 0.4) is 0 Å². The first-order chi connectivity index (χ1) is 12.5. The van der Waals surface area contributed by atoms with Crippen LogP contribution in [0.1, 0.15) is 28.9 Å². The molecular formula is C16H12ClF4N3O3. The summed E-state index contributed by atoms with van der Waals surface area (Å²) < 4.78 is 53.5. The smallest absolute Gasteiger partial charge is 0.349 e. The Morgan fingerprint density at radius 1 is 1.22 bits per heavy atom. The van der Waals surface area contributed by atoms with Gasteiger partial charge >= 0.3 is 11.9 Å². The van der Waals surface area contributed by atoms with E-state index in [1.54, 1.807) is 0 Å². The summed E-state index contributed by atoms with van der Waals surface area (Å²) in [6.07, 6.45) is -3.40. The second-order valence-electron chi connectivity index (χ2n) is 6.07. The summed E-state index contributed by atoms with van der Waals surface area (Å²) in [5.74, 6) is -1.78. The van der Waals surface area contributed by atoms with Crippen LogP contribution < -0.4 is 16.6 Å². The first-order valence-electron chi connectivity index (χ1n) is 7.71. The summed E-state index contributed by atoms with van der Waals surface area (Å²) in [6, 6.07) is 1.73. The van der Waals surface area contributed by atoms with Crippen LogP contribution in [0.5, 0.6) is 0 Å². The highest BCUT2D eigenvalue weighted by Gasteiger charge is 2.35. The fourth-order valence-corrected chi connectivity index (χ4v) is 2.73. The Hall–Kier alpha value is -2.62. The molecule has 2 aromatic rings. The largest absolute Gasteiger partial charge is 0.431 e. The quantitative estimate of drug-likeness (QED) is 0.796. The standard InChI is InChI=1S/C16H12ClF4N3O3/c1-23-12(16(19,20)21)6-13(25)24(15(23)27)11-4-8(9(17)5-10(11)18)14(26)22-7-2-3-7/h4-7H,2-3H2,1H3,(H,22,26). The van der Waals surface area contributed by atoms with Gasteiger partial charge in [0.1, 0.15) is 11.5 Å². The highest BCUT2D eigenvalue weighted by molar-refractivity contribution is 6.34. The number of nitrogens with one attached hydrogen (secondary N) is 1. The summed E-state index contributed by atoms with van der Waals surface area (Å²) in [4.78, 5) is 36.6. The van der Waals surface area contributed by atoms with Gasteiger partial charge < -0.3 is 5.32 Å². The predicted octanol–water partition coefficient (Wildman–Crippen LogP) is 2.24. The Balaban J connectivity index is 2.19. The highest BCUT2D eigenvalue weighted by Crippen LogP contribution is 2.28. The third-order valence-electron chi connectivity index (χ3n) is 4.05. The minimum atomic E-state index is -4.94. The van der Waals surface area contributed by atoms with Crippen molar-refractivity contribution in [3.63, 3.8) is 0 Å². The molecule has 0 unspecified atom stereocenters. The first kappa shape index (κ1) is 19.2. The van der Waals surface area contributed by atoms with Crippen molar-refractivity contribution in [2.75, 3.05) is 0 Å². The summed E-state index contributed by atoms with van der Waals surface area (Å²) in [5, 5.41) is 2.36. The number of halogens is 5. The maximum atomic E-state index is 14.3. The Morgan fingerprint density at radius 3 is 2.41 bits per heavy atom. The molecule has 0 saturated heterocycles. The van der Waals surface area contributed by atoms with E-state index in [0.717, 1.165) is 32.0 Å². The van der Waals surface area contributed by atoms with E-state index in [-0.39, 0.29) is 31.8 Å². The molecule has 0 spiro atoms. The molecule has 0 atom stereocenters. The second-order valence-corrected chi connectivity index (χ2v) is 6.48. The third-order valence-corrected chi connectivity index (χ3v) is 4.36. The predicted molar refractivity (Wildman–Crippen MR) is 87.7 cm³/mol. The monoisotopic (exact) mass is 405 g/mol. The van der Waals surface area contributed by atoms with Gasteiger partial charge in [0.05, 0.1) is 16.3 Å². The Morgan fingerprint density at radius 2 is 1.85 bits per heavy atom. The lowest BCUT2D eigenvalue weighted by Crippen LogP contribution is -2.41. The number of benzene rings is 1. The average Bonchev–Trinajstić information content (AvgIpc) is 3.35. The third kappa shape index (κ3) is 3.61. The van der Waals surface area contributed by atoms with Crippen LogP contribution in [0.15, 0.2) is 27.8 Å². The fourth-order valence-electron chi connectivity index (χ4n) is 2.49. The van der Waals surface area contributed by atoms with Gasteiger partial charge in [0.15, 0.2) is 0 Å². The number of carbonyl (C=O) groups is 1. The number of nitrogens with zero attached hydrogens (tertiary/aromatic N) is 2. The Labute approximate surface area is 154 Å². The van der Waals surface area contributed by atoms with Gasteiger partial charge in [-0.2, -0.15) is 13.2 Å². The lowest BCUT2D eigenvalue weighted by molar-refractivity contribution is -0.144. The van der Waals surface area contributed by atoms with E-state index >= 15 is 0 Å². The van der Waals surface area contributed by atoms with Crippen molar-refractivity contribution in [2.45, 2.75) is 25.1 Å². The zero-order valence-electron chi connectivity index (χ0n) is 13.7. The normalized spacial score (nSPS) is 14.3. The molecule has 1 N–H and O–H groups in total. The lowest BCUT2D eigenvalue weighted by Gasteiger charge is -2.15. The fraction of sp³-hybridized carbons (Fsp3) is 0.312. The van der Waals surface area contributed by atoms with Crippen molar-refractivity contribution >= 4 is 17.5 Å². The minimum Gasteiger partial charge on any atom is -0.349 e. The molecule has 0 aliphatic heterocycles. The molecule has 3 rings (SSSR count). The SMILES string of the molecule is Cn1c(C(F)(F)F)cc(=O)n(-c2cc(C(=O)NC3CC3)c(Cl)cc2F)c1=O. The lowest BCUT2D eigenvalue weighted by atomic mass is 10.1. The zero-order valence-corrected chi connectivity index (χ0v) is 14.5. The van der Waals surface area contributed by atoms with Gasteiger partial charge in [0.2, 0.25) is 0 Å². The van der Waals surface area contributed by atoms with Crippen LogP contribution in [0, 0.1) is 5.82 Å². The van der Waals surface area contributed by atoms with E-state index in [0.29, 0.717) is 0 Å². The van der Waals surface area contributed by atoms with Gasteiger partial charge in [-0.3, -0.25) is 14.2 Å². The molecule has 144 valence electrons. The van der Waals surface area contributed by atoms with Crippen molar-refractivity contribution in [3.8, 4) is 5.69 Å². The van der Waals surface area contributed by atoms with Crippen molar-refractivity contribution in [3.05, 3.63) is 61.1 Å². The molecular weight excluding hydrogens is 394 g/mol. The molecule has 1 fully saturated rings. The van der Waals surface area contributed by atoms with Crippen molar-refractivity contribution in [2.24, 2.45) is 7.05 Å². The van der Waals surface area contributed by atoms with E-state index in [2.05, 4.69) is 5.32 Å². The van der Waals surface area contributed by atoms with Gasteiger partial charge in [-0.1, -0.05) is 11.6 Å². The van der Waals surface area contributed by atoms with Gasteiger partial charge in [0.25, 0.3) is 11.5 Å². The van der Waals surface area contributed by atoms with Gasteiger partial charge in [-0.15, -0.1) is 0 Å². The van der Waals surface area contributed by atoms with Crippen LogP contribution in [0.25, 0.3) is 5.69 Å². The number of aromatic nitrogens is 2. The van der Waals surface area contributed by atoms with Crippen LogP contribution in [0.2, 0.25) is 5.02 Å². The van der Waals surface area contributed by atoms with Gasteiger partial charge in [-0.25, -0.2) is 13.8 Å². The summed E-state index contributed by atoms with van der Waals surface area (Å²) in [5.41, 5.74) is -5.15. The maximum absolute atomic E-state index is 14.3. The molecule has 1 amide bonds. The van der Waals surface area contributed by atoms with Crippen molar-refractivity contribution < 1.29 is 22.4 Å². The molecule has 1 aromatic carbocycles. The highest BCUT2D eigenvalue weighted by atomic mass is 35.5. The minimum absolute atomic E-state index is 0.0382. The van der Waals surface area contributed by atoms with E-state index in [1.165, 1.54) is 0 Å². The molecule has 0 radical (unpaired) electrons. The first-order valence-corrected chi connectivity index (χ1v) is 8.09. The van der Waals surface area contributed by atoms with E-state index < -0.39 is 40.5 Å². The van der Waals surface area contributed by atoms with Crippen LogP contribution in [-0.2, 0) is 13.2 Å². The number of amides is 1. The average molecular weight is 406 g/mol. The molecule has 1 aromatic heterocycles. The van der Waals surface area contributed by atoms with Crippen molar-refractivity contribution in [1.82, 2.24) is 14.5 Å². The number of hydrogen-bond donors (Lipinski definition) is 1. The molecule has 11 heteroatoms. The molecule has 27 heavy (non-hydrogen) atoms. The number of carbonyl (C=O) groups excluding carboxylic acids is 1. The zero-order chi connectivity index (χ0) is 20.1. The van der Waals surface area contributed by atoms with Gasteiger partial charge in [-0.05, 0) is 25.0 Å². The molecule has 1 saturated carbocycles. The second kappa shape index (κ2) is 6.52. The van der Waals surface area contributed by atoms with E-state index in [4.69, 9.17) is 11.6 Å². The Bertz CT molecular complexity index is 1050. The molecule has 1 heterocycles. The molecule has 1 aliphatic carbocycles. The van der Waals surface area contributed by atoms with Crippen LogP contribution in [-0.4, -0.2) is 21.1 Å². The van der Waals surface area contributed by atoms with Gasteiger partial charge in [0, 0.05) is 19.2 Å². The Kier molecular flexibility index (Phi) is 4.62. The van der Waals surface area contributed by atoms with E-state index in [1.807, 2.05) is 0 Å². The summed E-state index contributed by atoms with van der Waals surface area (Å²) in [6.45, 7) is 0. The number of alkyl halides is 3. The summed E-state index contributed by atoms with van der Waals surface area (Å²) in [7, 11) is 0.801. The molecule has 1 aliphatic rings. The van der Waals surface area contributed by atoms with Crippen LogP contribution in [0.4, 0.5) is 17.6 Å².